The maximum absolute atomic E-state index is 5.75. The molecule has 1 aromatic carbocycles. The standard InChI is InChI=1S/C16H27NO2/c1-4-13(8-7-11-17)15-12-14(18-5-2)9-10-16(15)19-6-3/h9-10,12-13H,4-8,11,17H2,1-3H3. The maximum atomic E-state index is 5.75. The van der Waals surface area contributed by atoms with Gasteiger partial charge in [0, 0.05) is 5.56 Å². The summed E-state index contributed by atoms with van der Waals surface area (Å²) in [5.41, 5.74) is 6.88. The van der Waals surface area contributed by atoms with Crippen molar-refractivity contribution >= 4 is 0 Å². The van der Waals surface area contributed by atoms with E-state index in [0.29, 0.717) is 19.1 Å². The zero-order chi connectivity index (χ0) is 14.1. The first-order valence-corrected chi connectivity index (χ1v) is 7.36. The minimum Gasteiger partial charge on any atom is -0.494 e. The van der Waals surface area contributed by atoms with Gasteiger partial charge in [-0.3, -0.25) is 0 Å². The molecule has 108 valence electrons. The highest BCUT2D eigenvalue weighted by molar-refractivity contribution is 5.42. The van der Waals surface area contributed by atoms with E-state index in [-0.39, 0.29) is 0 Å². The van der Waals surface area contributed by atoms with Crippen LogP contribution in [0.1, 0.15) is 51.5 Å². The molecule has 0 fully saturated rings. The average molecular weight is 265 g/mol. The van der Waals surface area contributed by atoms with Gasteiger partial charge in [0.15, 0.2) is 0 Å². The lowest BCUT2D eigenvalue weighted by atomic mass is 9.91. The van der Waals surface area contributed by atoms with Crippen molar-refractivity contribution in [3.05, 3.63) is 23.8 Å². The molecule has 1 aromatic rings. The van der Waals surface area contributed by atoms with E-state index in [1.54, 1.807) is 0 Å². The first kappa shape index (κ1) is 15.8. The third-order valence-corrected chi connectivity index (χ3v) is 3.28. The molecular formula is C16H27NO2. The van der Waals surface area contributed by atoms with Gasteiger partial charge in [-0.15, -0.1) is 0 Å². The van der Waals surface area contributed by atoms with Crippen molar-refractivity contribution in [2.45, 2.75) is 46.0 Å². The molecule has 0 aliphatic heterocycles. The summed E-state index contributed by atoms with van der Waals surface area (Å²) in [6.45, 7) is 8.35. The molecule has 0 heterocycles. The molecule has 3 nitrogen and oxygen atoms in total. The quantitative estimate of drug-likeness (QED) is 0.740. The summed E-state index contributed by atoms with van der Waals surface area (Å²) >= 11 is 0. The molecule has 0 radical (unpaired) electrons. The first-order valence-electron chi connectivity index (χ1n) is 7.36. The van der Waals surface area contributed by atoms with Crippen LogP contribution in [0, 0.1) is 0 Å². The van der Waals surface area contributed by atoms with Crippen molar-refractivity contribution in [3.8, 4) is 11.5 Å². The largest absolute Gasteiger partial charge is 0.494 e. The molecule has 1 rings (SSSR count). The third-order valence-electron chi connectivity index (χ3n) is 3.28. The first-order chi connectivity index (χ1) is 9.26. The van der Waals surface area contributed by atoms with Gasteiger partial charge in [0.2, 0.25) is 0 Å². The van der Waals surface area contributed by atoms with Crippen molar-refractivity contribution in [3.63, 3.8) is 0 Å². The van der Waals surface area contributed by atoms with Crippen LogP contribution in [0.3, 0.4) is 0 Å². The molecule has 0 bridgehead atoms. The van der Waals surface area contributed by atoms with Crippen LogP contribution in [0.25, 0.3) is 0 Å². The van der Waals surface area contributed by atoms with Gasteiger partial charge < -0.3 is 15.2 Å². The molecule has 0 amide bonds. The Bertz CT molecular complexity index is 366. The van der Waals surface area contributed by atoms with E-state index in [2.05, 4.69) is 13.0 Å². The van der Waals surface area contributed by atoms with Gasteiger partial charge in [0.25, 0.3) is 0 Å². The Morgan fingerprint density at radius 2 is 1.84 bits per heavy atom. The van der Waals surface area contributed by atoms with E-state index in [1.165, 1.54) is 5.56 Å². The van der Waals surface area contributed by atoms with Crippen LogP contribution in [-0.2, 0) is 0 Å². The van der Waals surface area contributed by atoms with Gasteiger partial charge in [-0.2, -0.15) is 0 Å². The Balaban J connectivity index is 2.99. The molecule has 0 aliphatic rings. The normalized spacial score (nSPS) is 12.2. The highest BCUT2D eigenvalue weighted by atomic mass is 16.5. The van der Waals surface area contributed by atoms with Crippen LogP contribution in [0.4, 0.5) is 0 Å². The summed E-state index contributed by atoms with van der Waals surface area (Å²) < 4.78 is 11.3. The molecular weight excluding hydrogens is 238 g/mol. The lowest BCUT2D eigenvalue weighted by Gasteiger charge is -2.20. The lowest BCUT2D eigenvalue weighted by molar-refractivity contribution is 0.324. The summed E-state index contributed by atoms with van der Waals surface area (Å²) in [6.07, 6.45) is 3.24. The molecule has 2 N–H and O–H groups in total. The van der Waals surface area contributed by atoms with Gasteiger partial charge in [0.1, 0.15) is 11.5 Å². The van der Waals surface area contributed by atoms with Gasteiger partial charge >= 0.3 is 0 Å². The smallest absolute Gasteiger partial charge is 0.123 e. The predicted octanol–water partition coefficient (Wildman–Crippen LogP) is 3.72. The van der Waals surface area contributed by atoms with Gasteiger partial charge in [-0.05, 0) is 63.8 Å². The summed E-state index contributed by atoms with van der Waals surface area (Å²) in [5.74, 6) is 2.40. The molecule has 0 aromatic heterocycles. The van der Waals surface area contributed by atoms with E-state index in [1.807, 2.05) is 26.0 Å². The predicted molar refractivity (Wildman–Crippen MR) is 80.1 cm³/mol. The van der Waals surface area contributed by atoms with Crippen molar-refractivity contribution in [2.24, 2.45) is 5.73 Å². The zero-order valence-electron chi connectivity index (χ0n) is 12.4. The molecule has 0 aliphatic carbocycles. The van der Waals surface area contributed by atoms with Gasteiger partial charge in [0.05, 0.1) is 13.2 Å². The van der Waals surface area contributed by atoms with E-state index < -0.39 is 0 Å². The van der Waals surface area contributed by atoms with Crippen molar-refractivity contribution < 1.29 is 9.47 Å². The van der Waals surface area contributed by atoms with Crippen molar-refractivity contribution in [2.75, 3.05) is 19.8 Å². The second-order valence-corrected chi connectivity index (χ2v) is 4.60. The summed E-state index contributed by atoms with van der Waals surface area (Å²) in [7, 11) is 0. The van der Waals surface area contributed by atoms with Crippen LogP contribution < -0.4 is 15.2 Å². The highest BCUT2D eigenvalue weighted by Gasteiger charge is 2.15. The Kier molecular flexibility index (Phi) is 7.34. The number of ether oxygens (including phenoxy) is 2. The summed E-state index contributed by atoms with van der Waals surface area (Å²) in [6, 6.07) is 6.13. The van der Waals surface area contributed by atoms with Crippen LogP contribution in [0.2, 0.25) is 0 Å². The van der Waals surface area contributed by atoms with Gasteiger partial charge in [-0.25, -0.2) is 0 Å². The summed E-state index contributed by atoms with van der Waals surface area (Å²) in [5, 5.41) is 0. The third kappa shape index (κ3) is 4.75. The Morgan fingerprint density at radius 1 is 1.11 bits per heavy atom. The fraction of sp³-hybridized carbons (Fsp3) is 0.625. The van der Waals surface area contributed by atoms with Crippen molar-refractivity contribution in [1.29, 1.82) is 0 Å². The Hall–Kier alpha value is -1.22. The van der Waals surface area contributed by atoms with Crippen LogP contribution in [-0.4, -0.2) is 19.8 Å². The Labute approximate surface area is 117 Å². The second-order valence-electron chi connectivity index (χ2n) is 4.60. The molecule has 0 saturated heterocycles. The van der Waals surface area contributed by atoms with E-state index >= 15 is 0 Å². The summed E-state index contributed by atoms with van der Waals surface area (Å²) in [4.78, 5) is 0. The minimum atomic E-state index is 0.491. The number of hydrogen-bond acceptors (Lipinski definition) is 3. The maximum Gasteiger partial charge on any atom is 0.123 e. The van der Waals surface area contributed by atoms with Crippen molar-refractivity contribution in [1.82, 2.24) is 0 Å². The van der Waals surface area contributed by atoms with E-state index in [9.17, 15) is 0 Å². The second kappa shape index (κ2) is 8.81. The topological polar surface area (TPSA) is 44.5 Å². The average Bonchev–Trinajstić information content (AvgIpc) is 2.42. The highest BCUT2D eigenvalue weighted by Crippen LogP contribution is 2.35. The zero-order valence-corrected chi connectivity index (χ0v) is 12.4. The van der Waals surface area contributed by atoms with Crippen LogP contribution >= 0.6 is 0 Å². The number of hydrogen-bond donors (Lipinski definition) is 1. The molecule has 0 saturated carbocycles. The molecule has 0 spiro atoms. The minimum absolute atomic E-state index is 0.491. The number of benzene rings is 1. The molecule has 1 atom stereocenters. The fourth-order valence-electron chi connectivity index (χ4n) is 2.33. The van der Waals surface area contributed by atoms with Crippen LogP contribution in [0.5, 0.6) is 11.5 Å². The molecule has 3 heteroatoms. The SMILES string of the molecule is CCOc1ccc(OCC)c(C(CC)CCCN)c1. The fourth-order valence-corrected chi connectivity index (χ4v) is 2.33. The van der Waals surface area contributed by atoms with Crippen LogP contribution in [0.15, 0.2) is 18.2 Å². The molecule has 19 heavy (non-hydrogen) atoms. The number of nitrogens with two attached hydrogens (primary N) is 1. The Morgan fingerprint density at radius 3 is 2.42 bits per heavy atom. The monoisotopic (exact) mass is 265 g/mol. The lowest BCUT2D eigenvalue weighted by Crippen LogP contribution is -2.06. The van der Waals surface area contributed by atoms with E-state index in [0.717, 1.165) is 37.3 Å². The molecule has 1 unspecified atom stereocenters. The van der Waals surface area contributed by atoms with E-state index in [4.69, 9.17) is 15.2 Å². The van der Waals surface area contributed by atoms with Gasteiger partial charge in [-0.1, -0.05) is 6.92 Å². The number of rotatable bonds is 9.